The standard InChI is InChI=1S/C15H22FN3O/c16-14-6-4-13(5-7-14)3-1-2-8-18-15(20)19-11-9-17-10-12-19/h4-7,17H,1-3,8-12H2,(H,18,20). The van der Waals surface area contributed by atoms with Crippen molar-refractivity contribution in [1.82, 2.24) is 15.5 Å². The molecule has 2 amide bonds. The number of hydrogen-bond donors (Lipinski definition) is 2. The third-order valence-electron chi connectivity index (χ3n) is 3.49. The van der Waals surface area contributed by atoms with Crippen LogP contribution >= 0.6 is 0 Å². The van der Waals surface area contributed by atoms with Gasteiger partial charge in [-0.3, -0.25) is 0 Å². The molecule has 5 heteroatoms. The minimum Gasteiger partial charge on any atom is -0.338 e. The molecule has 4 nitrogen and oxygen atoms in total. The zero-order valence-electron chi connectivity index (χ0n) is 11.7. The number of aryl methyl sites for hydroxylation is 1. The SMILES string of the molecule is O=C(NCCCCc1ccc(F)cc1)N1CCNCC1. The lowest BCUT2D eigenvalue weighted by molar-refractivity contribution is 0.190. The Hall–Kier alpha value is -1.62. The summed E-state index contributed by atoms with van der Waals surface area (Å²) in [6, 6.07) is 6.64. The van der Waals surface area contributed by atoms with E-state index in [0.717, 1.165) is 51.0 Å². The molecular weight excluding hydrogens is 257 g/mol. The molecular formula is C15H22FN3O. The molecule has 1 aromatic carbocycles. The van der Waals surface area contributed by atoms with Crippen LogP contribution in [0.15, 0.2) is 24.3 Å². The number of amides is 2. The van der Waals surface area contributed by atoms with E-state index in [1.54, 1.807) is 0 Å². The Bertz CT molecular complexity index is 416. The van der Waals surface area contributed by atoms with Crippen LogP contribution in [-0.4, -0.2) is 43.7 Å². The van der Waals surface area contributed by atoms with E-state index in [0.29, 0.717) is 6.54 Å². The highest BCUT2D eigenvalue weighted by Crippen LogP contribution is 2.06. The normalized spacial score (nSPS) is 15.2. The number of urea groups is 1. The average molecular weight is 279 g/mol. The molecule has 1 aliphatic heterocycles. The molecule has 2 N–H and O–H groups in total. The van der Waals surface area contributed by atoms with Gasteiger partial charge in [-0.1, -0.05) is 12.1 Å². The smallest absolute Gasteiger partial charge is 0.317 e. The maximum atomic E-state index is 12.7. The molecule has 1 heterocycles. The van der Waals surface area contributed by atoms with Crippen LogP contribution in [0.5, 0.6) is 0 Å². The van der Waals surface area contributed by atoms with Gasteiger partial charge in [0.1, 0.15) is 5.82 Å². The van der Waals surface area contributed by atoms with E-state index < -0.39 is 0 Å². The number of nitrogens with zero attached hydrogens (tertiary/aromatic N) is 1. The van der Waals surface area contributed by atoms with Crippen LogP contribution in [-0.2, 0) is 6.42 Å². The van der Waals surface area contributed by atoms with Crippen molar-refractivity contribution in [3.63, 3.8) is 0 Å². The van der Waals surface area contributed by atoms with Crippen LogP contribution in [0.25, 0.3) is 0 Å². The van der Waals surface area contributed by atoms with E-state index in [4.69, 9.17) is 0 Å². The molecule has 0 bridgehead atoms. The third kappa shape index (κ3) is 4.81. The van der Waals surface area contributed by atoms with Crippen LogP contribution in [0.1, 0.15) is 18.4 Å². The predicted octanol–water partition coefficient (Wildman–Crippen LogP) is 1.76. The van der Waals surface area contributed by atoms with Gasteiger partial charge in [0.2, 0.25) is 0 Å². The quantitative estimate of drug-likeness (QED) is 0.807. The van der Waals surface area contributed by atoms with Gasteiger partial charge in [-0.25, -0.2) is 9.18 Å². The summed E-state index contributed by atoms with van der Waals surface area (Å²) in [4.78, 5) is 13.7. The van der Waals surface area contributed by atoms with E-state index in [9.17, 15) is 9.18 Å². The van der Waals surface area contributed by atoms with Crippen molar-refractivity contribution >= 4 is 6.03 Å². The van der Waals surface area contributed by atoms with Gasteiger partial charge in [-0.05, 0) is 37.0 Å². The lowest BCUT2D eigenvalue weighted by atomic mass is 10.1. The summed E-state index contributed by atoms with van der Waals surface area (Å²) in [7, 11) is 0. The summed E-state index contributed by atoms with van der Waals surface area (Å²) in [5.74, 6) is -0.197. The minimum absolute atomic E-state index is 0.0354. The molecule has 0 unspecified atom stereocenters. The Kier molecular flexibility index (Phi) is 5.80. The molecule has 0 aromatic heterocycles. The van der Waals surface area contributed by atoms with Gasteiger partial charge in [0.25, 0.3) is 0 Å². The van der Waals surface area contributed by atoms with E-state index in [1.807, 2.05) is 17.0 Å². The summed E-state index contributed by atoms with van der Waals surface area (Å²) in [6.45, 7) is 4.00. The highest BCUT2D eigenvalue weighted by atomic mass is 19.1. The van der Waals surface area contributed by atoms with E-state index in [1.165, 1.54) is 12.1 Å². The molecule has 0 spiro atoms. The van der Waals surface area contributed by atoms with E-state index >= 15 is 0 Å². The molecule has 2 rings (SSSR count). The van der Waals surface area contributed by atoms with Gasteiger partial charge < -0.3 is 15.5 Å². The molecule has 0 saturated carbocycles. The van der Waals surface area contributed by atoms with Gasteiger partial charge in [0.05, 0.1) is 0 Å². The number of hydrogen-bond acceptors (Lipinski definition) is 2. The van der Waals surface area contributed by atoms with Crippen molar-refractivity contribution in [3.05, 3.63) is 35.6 Å². The molecule has 1 fully saturated rings. The number of halogens is 1. The largest absolute Gasteiger partial charge is 0.338 e. The maximum Gasteiger partial charge on any atom is 0.317 e. The number of benzene rings is 1. The lowest BCUT2D eigenvalue weighted by Crippen LogP contribution is -2.50. The van der Waals surface area contributed by atoms with Crippen molar-refractivity contribution in [2.75, 3.05) is 32.7 Å². The lowest BCUT2D eigenvalue weighted by Gasteiger charge is -2.27. The van der Waals surface area contributed by atoms with Gasteiger partial charge in [0, 0.05) is 32.7 Å². The first-order valence-corrected chi connectivity index (χ1v) is 7.23. The summed E-state index contributed by atoms with van der Waals surface area (Å²) in [5, 5.41) is 6.17. The first-order chi connectivity index (χ1) is 9.75. The second-order valence-corrected chi connectivity index (χ2v) is 5.05. The fraction of sp³-hybridized carbons (Fsp3) is 0.533. The number of nitrogens with one attached hydrogen (secondary N) is 2. The van der Waals surface area contributed by atoms with Crippen LogP contribution < -0.4 is 10.6 Å². The van der Waals surface area contributed by atoms with Crippen LogP contribution in [0.2, 0.25) is 0 Å². The Morgan fingerprint density at radius 1 is 1.20 bits per heavy atom. The fourth-order valence-corrected chi connectivity index (χ4v) is 2.28. The predicted molar refractivity (Wildman–Crippen MR) is 77.2 cm³/mol. The summed E-state index contributed by atoms with van der Waals surface area (Å²) >= 11 is 0. The number of carbonyl (C=O) groups is 1. The Balaban J connectivity index is 1.57. The molecule has 1 saturated heterocycles. The van der Waals surface area contributed by atoms with E-state index in [2.05, 4.69) is 10.6 Å². The van der Waals surface area contributed by atoms with Crippen LogP contribution in [0.3, 0.4) is 0 Å². The second-order valence-electron chi connectivity index (χ2n) is 5.05. The van der Waals surface area contributed by atoms with Crippen LogP contribution in [0, 0.1) is 5.82 Å². The number of rotatable bonds is 5. The molecule has 0 radical (unpaired) electrons. The Morgan fingerprint density at radius 3 is 2.60 bits per heavy atom. The van der Waals surface area contributed by atoms with Gasteiger partial charge >= 0.3 is 6.03 Å². The summed E-state index contributed by atoms with van der Waals surface area (Å²) < 4.78 is 12.7. The molecule has 0 aliphatic carbocycles. The van der Waals surface area contributed by atoms with Gasteiger partial charge in [0.15, 0.2) is 0 Å². The second kappa shape index (κ2) is 7.85. The zero-order chi connectivity index (χ0) is 14.2. The zero-order valence-corrected chi connectivity index (χ0v) is 11.7. The number of carbonyl (C=O) groups excluding carboxylic acids is 1. The highest BCUT2D eigenvalue weighted by molar-refractivity contribution is 5.74. The third-order valence-corrected chi connectivity index (χ3v) is 3.49. The molecule has 110 valence electrons. The Morgan fingerprint density at radius 2 is 1.90 bits per heavy atom. The summed E-state index contributed by atoms with van der Waals surface area (Å²) in [6.07, 6.45) is 2.85. The number of piperazine rings is 1. The molecule has 1 aliphatic rings. The molecule has 1 aromatic rings. The van der Waals surface area contributed by atoms with Gasteiger partial charge in [-0.15, -0.1) is 0 Å². The summed E-state index contributed by atoms with van der Waals surface area (Å²) in [5.41, 5.74) is 1.14. The molecule has 0 atom stereocenters. The topological polar surface area (TPSA) is 44.4 Å². The first-order valence-electron chi connectivity index (χ1n) is 7.23. The number of unbranched alkanes of at least 4 members (excludes halogenated alkanes) is 1. The molecule has 20 heavy (non-hydrogen) atoms. The fourth-order valence-electron chi connectivity index (χ4n) is 2.28. The van der Waals surface area contributed by atoms with Crippen molar-refractivity contribution < 1.29 is 9.18 Å². The van der Waals surface area contributed by atoms with Crippen LogP contribution in [0.4, 0.5) is 9.18 Å². The van der Waals surface area contributed by atoms with Crippen molar-refractivity contribution in [2.45, 2.75) is 19.3 Å². The van der Waals surface area contributed by atoms with E-state index in [-0.39, 0.29) is 11.8 Å². The first kappa shape index (κ1) is 14.8. The van der Waals surface area contributed by atoms with Crippen molar-refractivity contribution in [3.8, 4) is 0 Å². The maximum absolute atomic E-state index is 12.7. The monoisotopic (exact) mass is 279 g/mol. The average Bonchev–Trinajstić information content (AvgIpc) is 2.49. The van der Waals surface area contributed by atoms with Crippen molar-refractivity contribution in [2.24, 2.45) is 0 Å². The minimum atomic E-state index is -0.197. The van der Waals surface area contributed by atoms with Gasteiger partial charge in [-0.2, -0.15) is 0 Å². The Labute approximate surface area is 119 Å². The highest BCUT2D eigenvalue weighted by Gasteiger charge is 2.14. The van der Waals surface area contributed by atoms with Crippen molar-refractivity contribution in [1.29, 1.82) is 0 Å².